The van der Waals surface area contributed by atoms with Crippen molar-refractivity contribution in [2.45, 2.75) is 25.2 Å². The molecule has 1 rings (SSSR count). The molecule has 1 aromatic rings. The molecular formula is C12H23NO2Si. The van der Waals surface area contributed by atoms with Crippen LogP contribution in [-0.2, 0) is 9.47 Å². The first-order chi connectivity index (χ1) is 7.58. The number of anilines is 1. The molecule has 16 heavy (non-hydrogen) atoms. The SMILES string of the molecule is CCCC([SiH3])(OC)OC.Nc1ccccc1. The first kappa shape index (κ1) is 15.2. The van der Waals surface area contributed by atoms with Gasteiger partial charge in [-0.2, -0.15) is 0 Å². The fourth-order valence-corrected chi connectivity index (χ4v) is 1.69. The van der Waals surface area contributed by atoms with Gasteiger partial charge >= 0.3 is 0 Å². The summed E-state index contributed by atoms with van der Waals surface area (Å²) in [5, 5.41) is 0. The molecule has 0 heterocycles. The zero-order valence-electron chi connectivity index (χ0n) is 10.7. The fourth-order valence-electron chi connectivity index (χ4n) is 1.19. The molecule has 0 bridgehead atoms. The van der Waals surface area contributed by atoms with Crippen molar-refractivity contribution in [1.82, 2.24) is 0 Å². The number of nitrogen functional groups attached to an aromatic ring is 1. The van der Waals surface area contributed by atoms with E-state index >= 15 is 0 Å². The van der Waals surface area contributed by atoms with Gasteiger partial charge < -0.3 is 15.2 Å². The summed E-state index contributed by atoms with van der Waals surface area (Å²) in [7, 11) is 4.34. The van der Waals surface area contributed by atoms with Gasteiger partial charge in [0.2, 0.25) is 0 Å². The Morgan fingerprint density at radius 3 is 1.88 bits per heavy atom. The van der Waals surface area contributed by atoms with Crippen LogP contribution >= 0.6 is 0 Å². The number of methoxy groups -OCH3 is 2. The number of nitrogens with two attached hydrogens (primary N) is 1. The highest BCUT2D eigenvalue weighted by molar-refractivity contribution is 6.13. The largest absolute Gasteiger partial charge is 0.399 e. The van der Waals surface area contributed by atoms with Crippen LogP contribution < -0.4 is 5.73 Å². The second-order valence-electron chi connectivity index (χ2n) is 3.70. The summed E-state index contributed by atoms with van der Waals surface area (Å²) >= 11 is 0. The Hall–Kier alpha value is -0.843. The van der Waals surface area contributed by atoms with E-state index in [1.54, 1.807) is 14.2 Å². The highest BCUT2D eigenvalue weighted by Gasteiger charge is 2.19. The maximum Gasteiger partial charge on any atom is 0.140 e. The van der Waals surface area contributed by atoms with E-state index in [-0.39, 0.29) is 5.41 Å². The lowest BCUT2D eigenvalue weighted by Gasteiger charge is -2.25. The first-order valence-corrected chi connectivity index (χ1v) is 6.48. The average Bonchev–Trinajstić information content (AvgIpc) is 2.31. The van der Waals surface area contributed by atoms with E-state index in [9.17, 15) is 0 Å². The second-order valence-corrected chi connectivity index (χ2v) is 5.23. The van der Waals surface area contributed by atoms with Crippen molar-refractivity contribution >= 4 is 15.9 Å². The van der Waals surface area contributed by atoms with Crippen molar-refractivity contribution in [1.29, 1.82) is 0 Å². The lowest BCUT2D eigenvalue weighted by Crippen LogP contribution is -2.33. The maximum atomic E-state index is 5.36. The van der Waals surface area contributed by atoms with E-state index < -0.39 is 0 Å². The van der Waals surface area contributed by atoms with Crippen molar-refractivity contribution in [3.63, 3.8) is 0 Å². The van der Waals surface area contributed by atoms with Gasteiger partial charge in [0.25, 0.3) is 0 Å². The number of benzene rings is 1. The predicted octanol–water partition coefficient (Wildman–Crippen LogP) is 1.37. The second kappa shape index (κ2) is 8.33. The third-order valence-electron chi connectivity index (χ3n) is 2.37. The molecule has 92 valence electrons. The Morgan fingerprint density at radius 1 is 1.19 bits per heavy atom. The van der Waals surface area contributed by atoms with Gasteiger partial charge in [0.1, 0.15) is 5.41 Å². The van der Waals surface area contributed by atoms with Gasteiger partial charge in [0.05, 0.1) is 10.2 Å². The Labute approximate surface area is 101 Å². The topological polar surface area (TPSA) is 44.5 Å². The van der Waals surface area contributed by atoms with Crippen LogP contribution in [0.2, 0.25) is 0 Å². The average molecular weight is 241 g/mol. The quantitative estimate of drug-likeness (QED) is 0.492. The van der Waals surface area contributed by atoms with Crippen LogP contribution in [0.15, 0.2) is 30.3 Å². The zero-order valence-corrected chi connectivity index (χ0v) is 12.7. The highest BCUT2D eigenvalue weighted by Crippen LogP contribution is 2.12. The number of para-hydroxylation sites is 1. The third-order valence-corrected chi connectivity index (χ3v) is 3.68. The third kappa shape index (κ3) is 6.61. The molecule has 0 aromatic heterocycles. The number of ether oxygens (including phenoxy) is 2. The summed E-state index contributed by atoms with van der Waals surface area (Å²) in [6.07, 6.45) is 2.12. The predicted molar refractivity (Wildman–Crippen MR) is 72.5 cm³/mol. The van der Waals surface area contributed by atoms with Gasteiger partial charge in [-0.05, 0) is 18.6 Å². The summed E-state index contributed by atoms with van der Waals surface area (Å²) in [6, 6.07) is 9.49. The fraction of sp³-hybridized carbons (Fsp3) is 0.500. The van der Waals surface area contributed by atoms with Gasteiger partial charge in [-0.3, -0.25) is 0 Å². The zero-order chi connectivity index (χ0) is 12.4. The van der Waals surface area contributed by atoms with Crippen molar-refractivity contribution in [2.24, 2.45) is 0 Å². The molecule has 0 atom stereocenters. The van der Waals surface area contributed by atoms with E-state index in [1.165, 1.54) is 0 Å². The Kier molecular flexibility index (Phi) is 7.89. The molecule has 0 radical (unpaired) electrons. The van der Waals surface area contributed by atoms with Crippen molar-refractivity contribution in [3.05, 3.63) is 30.3 Å². The van der Waals surface area contributed by atoms with Gasteiger partial charge in [-0.15, -0.1) is 0 Å². The molecule has 0 saturated carbocycles. The molecule has 0 fully saturated rings. The summed E-state index contributed by atoms with van der Waals surface area (Å²) in [5.41, 5.74) is 5.95. The molecule has 0 aliphatic carbocycles. The molecule has 0 amide bonds. The Balaban J connectivity index is 0.000000288. The van der Waals surface area contributed by atoms with Crippen molar-refractivity contribution in [3.8, 4) is 0 Å². The normalized spacial score (nSPS) is 10.7. The van der Waals surface area contributed by atoms with Gasteiger partial charge in [-0.1, -0.05) is 31.5 Å². The van der Waals surface area contributed by atoms with Crippen LogP contribution in [-0.4, -0.2) is 29.9 Å². The first-order valence-electron chi connectivity index (χ1n) is 5.48. The van der Waals surface area contributed by atoms with Crippen LogP contribution in [0.4, 0.5) is 5.69 Å². The number of rotatable bonds is 4. The van der Waals surface area contributed by atoms with E-state index in [2.05, 4.69) is 6.92 Å². The minimum Gasteiger partial charge on any atom is -0.399 e. The van der Waals surface area contributed by atoms with E-state index in [1.807, 2.05) is 30.3 Å². The lowest BCUT2D eigenvalue weighted by molar-refractivity contribution is -0.145. The van der Waals surface area contributed by atoms with Gasteiger partial charge in [-0.25, -0.2) is 0 Å². The summed E-state index contributed by atoms with van der Waals surface area (Å²) in [6.45, 7) is 2.13. The maximum absolute atomic E-state index is 5.36. The van der Waals surface area contributed by atoms with E-state index in [0.29, 0.717) is 0 Å². The molecule has 3 nitrogen and oxygen atoms in total. The monoisotopic (exact) mass is 241 g/mol. The molecule has 0 aliphatic heterocycles. The molecule has 0 aliphatic rings. The van der Waals surface area contributed by atoms with Crippen LogP contribution in [0.3, 0.4) is 0 Å². The number of hydrogen-bond donors (Lipinski definition) is 1. The Morgan fingerprint density at radius 2 is 1.69 bits per heavy atom. The van der Waals surface area contributed by atoms with Crippen LogP contribution in [0.1, 0.15) is 19.8 Å². The molecule has 0 spiro atoms. The summed E-state index contributed by atoms with van der Waals surface area (Å²) < 4.78 is 10.3. The smallest absolute Gasteiger partial charge is 0.140 e. The molecule has 0 saturated heterocycles. The van der Waals surface area contributed by atoms with Crippen LogP contribution in [0.25, 0.3) is 0 Å². The minimum absolute atomic E-state index is 0.227. The number of hydrogen-bond acceptors (Lipinski definition) is 3. The molecule has 1 aromatic carbocycles. The molecular weight excluding hydrogens is 218 g/mol. The van der Waals surface area contributed by atoms with Gasteiger partial charge in [0.15, 0.2) is 0 Å². The summed E-state index contributed by atoms with van der Waals surface area (Å²) in [5.74, 6) is 0. The van der Waals surface area contributed by atoms with E-state index in [4.69, 9.17) is 15.2 Å². The van der Waals surface area contributed by atoms with Crippen molar-refractivity contribution < 1.29 is 9.47 Å². The minimum atomic E-state index is -0.227. The highest BCUT2D eigenvalue weighted by atomic mass is 28.1. The van der Waals surface area contributed by atoms with Crippen LogP contribution in [0.5, 0.6) is 0 Å². The molecule has 0 unspecified atom stereocenters. The Bertz CT molecular complexity index is 263. The van der Waals surface area contributed by atoms with Gasteiger partial charge in [0, 0.05) is 19.9 Å². The standard InChI is InChI=1S/C6H7N.C6H16O2Si/c7-6-4-2-1-3-5-6;1-4-5-6(9,7-2)8-3/h1-5H,7H2;4-5H2,1-3,9H3. The lowest BCUT2D eigenvalue weighted by atomic mass is 10.3. The van der Waals surface area contributed by atoms with Crippen molar-refractivity contribution in [2.75, 3.05) is 20.0 Å². The molecule has 2 N–H and O–H groups in total. The summed E-state index contributed by atoms with van der Waals surface area (Å²) in [4.78, 5) is 0. The van der Waals surface area contributed by atoms with E-state index in [0.717, 1.165) is 28.8 Å². The molecule has 4 heteroatoms. The van der Waals surface area contributed by atoms with Crippen LogP contribution in [0, 0.1) is 0 Å².